The maximum absolute atomic E-state index is 11.2. The number of hydrogen-bond acceptors (Lipinski definition) is 2. The summed E-state index contributed by atoms with van der Waals surface area (Å²) in [6.07, 6.45) is 0. The van der Waals surface area contributed by atoms with Crippen molar-refractivity contribution < 1.29 is 0 Å². The van der Waals surface area contributed by atoms with E-state index in [0.717, 1.165) is 16.8 Å². The van der Waals surface area contributed by atoms with Crippen LogP contribution in [0, 0.1) is 13.8 Å². The minimum absolute atomic E-state index is 0.341. The highest BCUT2D eigenvalue weighted by molar-refractivity contribution is 6.31. The molecule has 1 aromatic heterocycles. The van der Waals surface area contributed by atoms with Crippen LogP contribution in [0.4, 0.5) is 0 Å². The number of nitrogens with zero attached hydrogens (tertiary/aromatic N) is 1. The highest BCUT2D eigenvalue weighted by atomic mass is 35.5. The Balaban J connectivity index is 2.58. The lowest BCUT2D eigenvalue weighted by Gasteiger charge is -2.03. The van der Waals surface area contributed by atoms with E-state index in [1.165, 1.54) is 0 Å². The molecule has 0 atom stereocenters. The predicted molar refractivity (Wildman–Crippen MR) is 64.8 cm³/mol. The van der Waals surface area contributed by atoms with Crippen LogP contribution in [0.15, 0.2) is 29.1 Å². The highest BCUT2D eigenvalue weighted by Gasteiger charge is 2.03. The van der Waals surface area contributed by atoms with E-state index < -0.39 is 0 Å². The normalized spacial score (nSPS) is 10.4. The fourth-order valence-corrected chi connectivity index (χ4v) is 1.66. The minimum atomic E-state index is -0.341. The number of hydrogen-bond donors (Lipinski definition) is 1. The zero-order chi connectivity index (χ0) is 11.7. The Morgan fingerprint density at radius 3 is 2.62 bits per heavy atom. The third kappa shape index (κ3) is 2.14. The van der Waals surface area contributed by atoms with Gasteiger partial charge in [0.2, 0.25) is 0 Å². The van der Waals surface area contributed by atoms with E-state index in [4.69, 9.17) is 11.6 Å². The first-order valence-electron chi connectivity index (χ1n) is 4.91. The summed E-state index contributed by atoms with van der Waals surface area (Å²) in [7, 11) is 0. The molecule has 0 fully saturated rings. The molecule has 0 aliphatic heterocycles. The van der Waals surface area contributed by atoms with Crippen molar-refractivity contribution in [3.8, 4) is 11.3 Å². The van der Waals surface area contributed by atoms with Crippen LogP contribution in [-0.4, -0.2) is 9.97 Å². The topological polar surface area (TPSA) is 45.8 Å². The lowest BCUT2D eigenvalue weighted by atomic mass is 10.1. The molecule has 2 rings (SSSR count). The molecule has 2 aromatic rings. The van der Waals surface area contributed by atoms with Crippen molar-refractivity contribution in [1.29, 1.82) is 0 Å². The fraction of sp³-hybridized carbons (Fsp3) is 0.167. The van der Waals surface area contributed by atoms with Crippen LogP contribution in [0.25, 0.3) is 11.3 Å². The van der Waals surface area contributed by atoms with Gasteiger partial charge >= 0.3 is 5.69 Å². The summed E-state index contributed by atoms with van der Waals surface area (Å²) in [4.78, 5) is 17.7. The molecule has 0 aliphatic rings. The summed E-state index contributed by atoms with van der Waals surface area (Å²) < 4.78 is 0. The van der Waals surface area contributed by atoms with Gasteiger partial charge in [-0.05, 0) is 31.5 Å². The lowest BCUT2D eigenvalue weighted by molar-refractivity contribution is 1.03. The van der Waals surface area contributed by atoms with E-state index >= 15 is 0 Å². The van der Waals surface area contributed by atoms with Crippen molar-refractivity contribution in [2.75, 3.05) is 0 Å². The van der Waals surface area contributed by atoms with Gasteiger partial charge in [-0.2, -0.15) is 4.98 Å². The molecule has 0 saturated heterocycles. The maximum atomic E-state index is 11.2. The van der Waals surface area contributed by atoms with E-state index in [1.807, 2.05) is 38.1 Å². The number of aryl methyl sites for hydroxylation is 2. The first-order chi connectivity index (χ1) is 7.56. The number of halogens is 1. The Morgan fingerprint density at radius 2 is 2.00 bits per heavy atom. The monoisotopic (exact) mass is 234 g/mol. The van der Waals surface area contributed by atoms with Crippen LogP contribution in [-0.2, 0) is 0 Å². The van der Waals surface area contributed by atoms with Crippen molar-refractivity contribution in [3.05, 3.63) is 51.0 Å². The smallest absolute Gasteiger partial charge is 0.310 e. The van der Waals surface area contributed by atoms with Gasteiger partial charge < -0.3 is 4.98 Å². The number of nitrogens with one attached hydrogen (secondary N) is 1. The molecule has 0 aliphatic carbocycles. The van der Waals surface area contributed by atoms with Gasteiger partial charge in [0, 0.05) is 16.3 Å². The Morgan fingerprint density at radius 1 is 1.25 bits per heavy atom. The summed E-state index contributed by atoms with van der Waals surface area (Å²) in [5.74, 6) is 0. The molecule has 82 valence electrons. The standard InChI is InChI=1S/C12H11ClN2O/c1-7-3-4-9(6-10(7)13)11-5-8(2)14-12(16)15-11/h3-6H,1-2H3,(H,14,15,16). The Bertz CT molecular complexity index is 590. The predicted octanol–water partition coefficient (Wildman–Crippen LogP) is 2.71. The van der Waals surface area contributed by atoms with Crippen molar-refractivity contribution in [1.82, 2.24) is 9.97 Å². The number of benzene rings is 1. The summed E-state index contributed by atoms with van der Waals surface area (Å²) in [6, 6.07) is 7.46. The van der Waals surface area contributed by atoms with Crippen molar-refractivity contribution in [2.24, 2.45) is 0 Å². The minimum Gasteiger partial charge on any atom is -0.310 e. The Kier molecular flexibility index (Phi) is 2.79. The molecule has 3 nitrogen and oxygen atoms in total. The van der Waals surface area contributed by atoms with Crippen LogP contribution in [0.1, 0.15) is 11.3 Å². The first-order valence-corrected chi connectivity index (χ1v) is 5.28. The maximum Gasteiger partial charge on any atom is 0.345 e. The second-order valence-corrected chi connectivity index (χ2v) is 4.13. The van der Waals surface area contributed by atoms with E-state index in [0.29, 0.717) is 10.7 Å². The first kappa shape index (κ1) is 10.9. The average molecular weight is 235 g/mol. The molecule has 1 aromatic carbocycles. The van der Waals surface area contributed by atoms with Crippen molar-refractivity contribution in [3.63, 3.8) is 0 Å². The summed E-state index contributed by atoms with van der Waals surface area (Å²) in [6.45, 7) is 3.75. The van der Waals surface area contributed by atoms with Crippen LogP contribution in [0.2, 0.25) is 5.02 Å². The molecule has 0 radical (unpaired) electrons. The quantitative estimate of drug-likeness (QED) is 0.825. The van der Waals surface area contributed by atoms with Gasteiger partial charge in [-0.15, -0.1) is 0 Å². The SMILES string of the molecule is Cc1cc(-c2ccc(C)c(Cl)c2)nc(=O)[nH]1. The zero-order valence-electron chi connectivity index (χ0n) is 9.04. The fourth-order valence-electron chi connectivity index (χ4n) is 1.48. The molecule has 0 bridgehead atoms. The van der Waals surface area contributed by atoms with Crippen LogP contribution in [0.3, 0.4) is 0 Å². The molecule has 4 heteroatoms. The molecular weight excluding hydrogens is 224 g/mol. The molecule has 1 heterocycles. The van der Waals surface area contributed by atoms with Crippen LogP contribution < -0.4 is 5.69 Å². The van der Waals surface area contributed by atoms with E-state index in [9.17, 15) is 4.79 Å². The largest absolute Gasteiger partial charge is 0.345 e. The van der Waals surface area contributed by atoms with Gasteiger partial charge in [0.15, 0.2) is 0 Å². The van der Waals surface area contributed by atoms with Gasteiger partial charge in [-0.3, -0.25) is 0 Å². The van der Waals surface area contributed by atoms with Gasteiger partial charge in [0.1, 0.15) is 0 Å². The highest BCUT2D eigenvalue weighted by Crippen LogP contribution is 2.23. The Labute approximate surface area is 98.1 Å². The van der Waals surface area contributed by atoms with E-state index in [2.05, 4.69) is 9.97 Å². The summed E-state index contributed by atoms with van der Waals surface area (Å²) in [5.41, 5.74) is 2.94. The second-order valence-electron chi connectivity index (χ2n) is 3.72. The van der Waals surface area contributed by atoms with Gasteiger partial charge in [0.25, 0.3) is 0 Å². The van der Waals surface area contributed by atoms with Crippen LogP contribution in [0.5, 0.6) is 0 Å². The molecule has 0 saturated carbocycles. The average Bonchev–Trinajstić information content (AvgIpc) is 2.20. The van der Waals surface area contributed by atoms with E-state index in [-0.39, 0.29) is 5.69 Å². The van der Waals surface area contributed by atoms with Gasteiger partial charge in [0.05, 0.1) is 5.69 Å². The number of aromatic nitrogens is 2. The third-order valence-corrected chi connectivity index (χ3v) is 2.75. The number of H-pyrrole nitrogens is 1. The molecule has 0 unspecified atom stereocenters. The molecule has 0 spiro atoms. The summed E-state index contributed by atoms with van der Waals surface area (Å²) >= 11 is 6.03. The molecule has 1 N–H and O–H groups in total. The molecular formula is C12H11ClN2O. The van der Waals surface area contributed by atoms with Crippen molar-refractivity contribution >= 4 is 11.6 Å². The van der Waals surface area contributed by atoms with Gasteiger partial charge in [-0.1, -0.05) is 23.7 Å². The number of rotatable bonds is 1. The van der Waals surface area contributed by atoms with Crippen molar-refractivity contribution in [2.45, 2.75) is 13.8 Å². The van der Waals surface area contributed by atoms with Crippen LogP contribution >= 0.6 is 11.6 Å². The second kappa shape index (κ2) is 4.10. The Hall–Kier alpha value is -1.61. The van der Waals surface area contributed by atoms with E-state index in [1.54, 1.807) is 0 Å². The third-order valence-electron chi connectivity index (χ3n) is 2.35. The lowest BCUT2D eigenvalue weighted by Crippen LogP contribution is -2.11. The summed E-state index contributed by atoms with van der Waals surface area (Å²) in [5, 5.41) is 0.678. The van der Waals surface area contributed by atoms with Gasteiger partial charge in [-0.25, -0.2) is 4.79 Å². The zero-order valence-corrected chi connectivity index (χ0v) is 9.80. The molecule has 16 heavy (non-hydrogen) atoms. The number of aromatic amines is 1. The molecule has 0 amide bonds.